The predicted octanol–water partition coefficient (Wildman–Crippen LogP) is 3.39. The lowest BCUT2D eigenvalue weighted by Crippen LogP contribution is -2.27. The number of carbonyl (C=O) groups is 1. The summed E-state index contributed by atoms with van der Waals surface area (Å²) in [5.41, 5.74) is 0.492. The summed E-state index contributed by atoms with van der Waals surface area (Å²) < 4.78 is 26.9. The minimum atomic E-state index is -0.676. The molecule has 0 bridgehead atoms. The molecule has 1 amide bonds. The molecule has 20 heavy (non-hydrogen) atoms. The van der Waals surface area contributed by atoms with E-state index in [4.69, 9.17) is 0 Å². The van der Waals surface area contributed by atoms with E-state index in [9.17, 15) is 13.6 Å². The summed E-state index contributed by atoms with van der Waals surface area (Å²) in [7, 11) is 1.53. The van der Waals surface area contributed by atoms with Crippen LogP contribution in [0.15, 0.2) is 41.0 Å². The maximum Gasteiger partial charge on any atom is 0.273 e. The maximum atomic E-state index is 13.6. The molecule has 2 rings (SSSR count). The lowest BCUT2D eigenvalue weighted by atomic mass is 10.2. The van der Waals surface area contributed by atoms with Gasteiger partial charge >= 0.3 is 0 Å². The van der Waals surface area contributed by atoms with Crippen molar-refractivity contribution >= 4 is 21.8 Å². The van der Waals surface area contributed by atoms with Crippen molar-refractivity contribution in [3.63, 3.8) is 0 Å². The molecule has 0 spiro atoms. The number of nitrogens with zero attached hydrogens (tertiary/aromatic N) is 2. The molecular formula is C14H11BrF2N2O. The first-order valence-electron chi connectivity index (χ1n) is 5.79. The van der Waals surface area contributed by atoms with Gasteiger partial charge in [0.15, 0.2) is 0 Å². The van der Waals surface area contributed by atoms with Crippen LogP contribution in [0.1, 0.15) is 16.1 Å². The van der Waals surface area contributed by atoms with Crippen LogP contribution in [0, 0.1) is 11.6 Å². The lowest BCUT2D eigenvalue weighted by Gasteiger charge is -2.17. The zero-order valence-electron chi connectivity index (χ0n) is 10.6. The fourth-order valence-electron chi connectivity index (χ4n) is 1.70. The number of rotatable bonds is 3. The van der Waals surface area contributed by atoms with Crippen LogP contribution in [0.4, 0.5) is 8.78 Å². The van der Waals surface area contributed by atoms with Crippen LogP contribution in [0.3, 0.4) is 0 Å². The Bertz CT molecular complexity index is 649. The molecule has 0 saturated carbocycles. The number of hydrogen-bond acceptors (Lipinski definition) is 2. The van der Waals surface area contributed by atoms with Gasteiger partial charge in [0.1, 0.15) is 17.3 Å². The molecule has 0 unspecified atom stereocenters. The van der Waals surface area contributed by atoms with Gasteiger partial charge in [-0.05, 0) is 34.1 Å². The normalized spacial score (nSPS) is 10.4. The molecule has 0 aliphatic heterocycles. The summed E-state index contributed by atoms with van der Waals surface area (Å²) in [6.45, 7) is 0.0357. The number of carbonyl (C=O) groups excluding carboxylic acids is 1. The quantitative estimate of drug-likeness (QED) is 0.857. The first-order chi connectivity index (χ1) is 9.49. The van der Waals surface area contributed by atoms with Crippen molar-refractivity contribution in [1.29, 1.82) is 0 Å². The highest BCUT2D eigenvalue weighted by Gasteiger charge is 2.17. The van der Waals surface area contributed by atoms with Crippen LogP contribution < -0.4 is 0 Å². The molecule has 0 aliphatic rings. The molecule has 6 heteroatoms. The molecule has 0 N–H and O–H groups in total. The van der Waals surface area contributed by atoms with Gasteiger partial charge in [-0.15, -0.1) is 0 Å². The van der Waals surface area contributed by atoms with Gasteiger partial charge in [-0.3, -0.25) is 4.79 Å². The zero-order chi connectivity index (χ0) is 14.7. The average Bonchev–Trinajstić information content (AvgIpc) is 2.41. The van der Waals surface area contributed by atoms with Crippen LogP contribution in [0.25, 0.3) is 0 Å². The summed E-state index contributed by atoms with van der Waals surface area (Å²) in [6.07, 6.45) is 1.50. The Kier molecular flexibility index (Phi) is 4.44. The fourth-order valence-corrected chi connectivity index (χ4v) is 2.13. The van der Waals surface area contributed by atoms with Crippen molar-refractivity contribution < 1.29 is 13.6 Å². The van der Waals surface area contributed by atoms with Crippen molar-refractivity contribution in [1.82, 2.24) is 9.88 Å². The summed E-state index contributed by atoms with van der Waals surface area (Å²) in [6, 6.07) is 6.67. The van der Waals surface area contributed by atoms with Gasteiger partial charge in [0, 0.05) is 35.9 Å². The van der Waals surface area contributed by atoms with E-state index < -0.39 is 11.6 Å². The Morgan fingerprint density at radius 1 is 1.35 bits per heavy atom. The molecule has 1 aromatic heterocycles. The summed E-state index contributed by atoms with van der Waals surface area (Å²) in [5.74, 6) is -1.67. The Hall–Kier alpha value is -1.82. The third kappa shape index (κ3) is 3.19. The number of aromatic nitrogens is 1. The zero-order valence-corrected chi connectivity index (χ0v) is 12.2. The number of pyridine rings is 1. The number of halogens is 3. The van der Waals surface area contributed by atoms with Crippen molar-refractivity contribution in [2.45, 2.75) is 6.54 Å². The second kappa shape index (κ2) is 6.09. The highest BCUT2D eigenvalue weighted by molar-refractivity contribution is 9.10. The predicted molar refractivity (Wildman–Crippen MR) is 74.1 cm³/mol. The molecule has 2 aromatic rings. The average molecular weight is 341 g/mol. The summed E-state index contributed by atoms with van der Waals surface area (Å²) >= 11 is 3.24. The van der Waals surface area contributed by atoms with E-state index in [0.717, 1.165) is 12.1 Å². The molecule has 3 nitrogen and oxygen atoms in total. The fraction of sp³-hybridized carbons (Fsp3) is 0.143. The van der Waals surface area contributed by atoms with Crippen molar-refractivity contribution in [3.05, 3.63) is 63.9 Å². The van der Waals surface area contributed by atoms with E-state index in [-0.39, 0.29) is 23.7 Å². The van der Waals surface area contributed by atoms with Gasteiger partial charge in [0.25, 0.3) is 5.91 Å². The smallest absolute Gasteiger partial charge is 0.273 e. The largest absolute Gasteiger partial charge is 0.336 e. The highest BCUT2D eigenvalue weighted by Crippen LogP contribution is 2.17. The van der Waals surface area contributed by atoms with E-state index in [1.807, 2.05) is 0 Å². The Morgan fingerprint density at radius 3 is 2.75 bits per heavy atom. The van der Waals surface area contributed by atoms with Gasteiger partial charge in [-0.25, -0.2) is 13.8 Å². The molecular weight excluding hydrogens is 330 g/mol. The third-order valence-electron chi connectivity index (χ3n) is 2.73. The Labute approximate surface area is 123 Å². The van der Waals surface area contributed by atoms with E-state index in [2.05, 4.69) is 20.9 Å². The molecule has 0 atom stereocenters. The molecule has 0 radical (unpaired) electrons. The SMILES string of the molecule is CN(Cc1ccc(F)cc1F)C(=O)c1ncccc1Br. The third-order valence-corrected chi connectivity index (χ3v) is 3.37. The number of benzene rings is 1. The molecule has 1 aromatic carbocycles. The minimum absolute atomic E-state index is 0.0357. The molecule has 0 saturated heterocycles. The van der Waals surface area contributed by atoms with Crippen LogP contribution >= 0.6 is 15.9 Å². The highest BCUT2D eigenvalue weighted by atomic mass is 79.9. The van der Waals surface area contributed by atoms with Crippen molar-refractivity contribution in [2.24, 2.45) is 0 Å². The van der Waals surface area contributed by atoms with E-state index >= 15 is 0 Å². The van der Waals surface area contributed by atoms with Crippen LogP contribution in [-0.2, 0) is 6.54 Å². The second-order valence-electron chi connectivity index (χ2n) is 4.23. The molecule has 1 heterocycles. The van der Waals surface area contributed by atoms with Crippen LogP contribution in [-0.4, -0.2) is 22.8 Å². The van der Waals surface area contributed by atoms with E-state index in [0.29, 0.717) is 4.47 Å². The minimum Gasteiger partial charge on any atom is -0.336 e. The molecule has 0 aliphatic carbocycles. The number of hydrogen-bond donors (Lipinski definition) is 0. The topological polar surface area (TPSA) is 33.2 Å². The first kappa shape index (κ1) is 14.6. The van der Waals surface area contributed by atoms with Crippen LogP contribution in [0.2, 0.25) is 0 Å². The van der Waals surface area contributed by atoms with Crippen molar-refractivity contribution in [3.8, 4) is 0 Å². The van der Waals surface area contributed by atoms with Crippen LogP contribution in [0.5, 0.6) is 0 Å². The van der Waals surface area contributed by atoms with Crippen molar-refractivity contribution in [2.75, 3.05) is 7.05 Å². The Balaban J connectivity index is 2.18. The van der Waals surface area contributed by atoms with Gasteiger partial charge in [-0.2, -0.15) is 0 Å². The van der Waals surface area contributed by atoms with Gasteiger partial charge in [0.2, 0.25) is 0 Å². The Morgan fingerprint density at radius 2 is 2.10 bits per heavy atom. The van der Waals surface area contributed by atoms with Gasteiger partial charge in [-0.1, -0.05) is 6.07 Å². The maximum absolute atomic E-state index is 13.6. The van der Waals surface area contributed by atoms with Gasteiger partial charge in [0.05, 0.1) is 0 Å². The number of amides is 1. The van der Waals surface area contributed by atoms with E-state index in [1.165, 1.54) is 24.2 Å². The summed E-state index contributed by atoms with van der Waals surface area (Å²) in [4.78, 5) is 17.5. The van der Waals surface area contributed by atoms with E-state index in [1.54, 1.807) is 12.1 Å². The molecule has 0 fully saturated rings. The molecule has 104 valence electrons. The summed E-state index contributed by atoms with van der Waals surface area (Å²) in [5, 5.41) is 0. The first-order valence-corrected chi connectivity index (χ1v) is 6.58. The second-order valence-corrected chi connectivity index (χ2v) is 5.09. The van der Waals surface area contributed by atoms with Gasteiger partial charge < -0.3 is 4.90 Å². The standard InChI is InChI=1S/C14H11BrF2N2O/c1-19(8-9-4-5-10(16)7-12(9)17)14(20)13-11(15)3-2-6-18-13/h2-7H,8H2,1H3. The monoisotopic (exact) mass is 340 g/mol. The lowest BCUT2D eigenvalue weighted by molar-refractivity contribution is 0.0777.